The molecule has 3 heteroatoms. The van der Waals surface area contributed by atoms with Gasteiger partial charge in [-0.3, -0.25) is 0 Å². The van der Waals surface area contributed by atoms with Gasteiger partial charge in [0.1, 0.15) is 5.66 Å². The van der Waals surface area contributed by atoms with E-state index in [-0.39, 0.29) is 5.66 Å². The summed E-state index contributed by atoms with van der Waals surface area (Å²) in [5.41, 5.74) is 3.21. The summed E-state index contributed by atoms with van der Waals surface area (Å²) in [4.78, 5) is 0. The largest absolute Gasteiger partial charge is 0.359 e. The normalized spacial score (nSPS) is 15.3. The van der Waals surface area contributed by atoms with Gasteiger partial charge in [-0.05, 0) is 42.1 Å². The third-order valence-electron chi connectivity index (χ3n) is 4.08. The molecule has 3 aromatic rings. The van der Waals surface area contributed by atoms with Gasteiger partial charge in [-0.2, -0.15) is 0 Å². The summed E-state index contributed by atoms with van der Waals surface area (Å²) in [6.07, 6.45) is 0. The SMILES string of the molecule is CC1(c2cccc(Br)c2)Nc2cccc3cccc(c23)N1. The minimum absolute atomic E-state index is 0.327. The highest BCUT2D eigenvalue weighted by Crippen LogP contribution is 2.41. The predicted molar refractivity (Wildman–Crippen MR) is 92.7 cm³/mol. The smallest absolute Gasteiger partial charge is 0.131 e. The second-order valence-electron chi connectivity index (χ2n) is 5.59. The van der Waals surface area contributed by atoms with Gasteiger partial charge in [0, 0.05) is 21.2 Å². The average Bonchev–Trinajstić information content (AvgIpc) is 2.47. The molecule has 0 aromatic heterocycles. The number of anilines is 2. The summed E-state index contributed by atoms with van der Waals surface area (Å²) in [5, 5.41) is 9.81. The summed E-state index contributed by atoms with van der Waals surface area (Å²) < 4.78 is 1.09. The first-order chi connectivity index (χ1) is 10.2. The van der Waals surface area contributed by atoms with Gasteiger partial charge in [0.15, 0.2) is 0 Å². The molecule has 21 heavy (non-hydrogen) atoms. The Morgan fingerprint density at radius 3 is 2.10 bits per heavy atom. The van der Waals surface area contributed by atoms with Crippen molar-refractivity contribution >= 4 is 38.1 Å². The number of halogens is 1. The van der Waals surface area contributed by atoms with E-state index < -0.39 is 0 Å². The van der Waals surface area contributed by atoms with Crippen molar-refractivity contribution < 1.29 is 0 Å². The van der Waals surface area contributed by atoms with Crippen LogP contribution in [0.2, 0.25) is 0 Å². The van der Waals surface area contributed by atoms with Gasteiger partial charge < -0.3 is 10.6 Å². The van der Waals surface area contributed by atoms with Crippen LogP contribution in [-0.4, -0.2) is 0 Å². The van der Waals surface area contributed by atoms with E-state index >= 15 is 0 Å². The molecule has 0 saturated heterocycles. The lowest BCUT2D eigenvalue weighted by molar-refractivity contribution is 0.625. The molecule has 0 aliphatic carbocycles. The third kappa shape index (κ3) is 2.00. The molecule has 0 unspecified atom stereocenters. The number of benzene rings is 3. The van der Waals surface area contributed by atoms with Crippen LogP contribution < -0.4 is 10.6 Å². The quantitative estimate of drug-likeness (QED) is 0.628. The monoisotopic (exact) mass is 338 g/mol. The highest BCUT2D eigenvalue weighted by atomic mass is 79.9. The Hall–Kier alpha value is -2.00. The van der Waals surface area contributed by atoms with Crippen molar-refractivity contribution in [3.8, 4) is 0 Å². The lowest BCUT2D eigenvalue weighted by atomic mass is 9.95. The first kappa shape index (κ1) is 12.7. The predicted octanol–water partition coefficient (Wildman–Crippen LogP) is 5.31. The van der Waals surface area contributed by atoms with Crippen molar-refractivity contribution in [2.75, 3.05) is 10.6 Å². The van der Waals surface area contributed by atoms with Crippen LogP contribution in [0.5, 0.6) is 0 Å². The fourth-order valence-corrected chi connectivity index (χ4v) is 3.46. The fourth-order valence-electron chi connectivity index (χ4n) is 3.06. The Balaban J connectivity index is 1.90. The van der Waals surface area contributed by atoms with Crippen molar-refractivity contribution in [3.63, 3.8) is 0 Å². The van der Waals surface area contributed by atoms with Crippen molar-refractivity contribution in [1.29, 1.82) is 0 Å². The van der Waals surface area contributed by atoms with Crippen LogP contribution in [0.15, 0.2) is 65.1 Å². The molecule has 0 atom stereocenters. The zero-order chi connectivity index (χ0) is 14.4. The van der Waals surface area contributed by atoms with Gasteiger partial charge >= 0.3 is 0 Å². The summed E-state index contributed by atoms with van der Waals surface area (Å²) >= 11 is 3.56. The topological polar surface area (TPSA) is 24.1 Å². The number of hydrogen-bond acceptors (Lipinski definition) is 2. The van der Waals surface area contributed by atoms with Gasteiger partial charge in [-0.15, -0.1) is 0 Å². The van der Waals surface area contributed by atoms with E-state index in [9.17, 15) is 0 Å². The van der Waals surface area contributed by atoms with E-state index in [1.165, 1.54) is 27.7 Å². The molecule has 0 radical (unpaired) electrons. The van der Waals surface area contributed by atoms with Crippen molar-refractivity contribution in [2.45, 2.75) is 12.6 Å². The third-order valence-corrected chi connectivity index (χ3v) is 4.57. The minimum Gasteiger partial charge on any atom is -0.359 e. The Bertz CT molecular complexity index is 801. The Labute approximate surface area is 132 Å². The number of hydrogen-bond donors (Lipinski definition) is 2. The van der Waals surface area contributed by atoms with Crippen LogP contribution in [0.3, 0.4) is 0 Å². The summed E-state index contributed by atoms with van der Waals surface area (Å²) in [5.74, 6) is 0. The van der Waals surface area contributed by atoms with Crippen LogP contribution in [0.25, 0.3) is 10.8 Å². The molecule has 0 amide bonds. The molecule has 1 aliphatic heterocycles. The minimum atomic E-state index is -0.327. The van der Waals surface area contributed by atoms with E-state index in [4.69, 9.17) is 0 Å². The summed E-state index contributed by atoms with van der Waals surface area (Å²) in [7, 11) is 0. The van der Waals surface area contributed by atoms with Crippen LogP contribution in [0.1, 0.15) is 12.5 Å². The zero-order valence-electron chi connectivity index (χ0n) is 11.7. The molecule has 1 aliphatic rings. The van der Waals surface area contributed by atoms with Gasteiger partial charge in [0.05, 0.1) is 0 Å². The Morgan fingerprint density at radius 1 is 0.857 bits per heavy atom. The molecule has 0 fully saturated rings. The van der Waals surface area contributed by atoms with Crippen LogP contribution in [0, 0.1) is 0 Å². The second kappa shape index (κ2) is 4.50. The van der Waals surface area contributed by atoms with E-state index in [1.54, 1.807) is 0 Å². The van der Waals surface area contributed by atoms with E-state index in [0.717, 1.165) is 4.47 Å². The molecule has 0 bridgehead atoms. The number of rotatable bonds is 1. The highest BCUT2D eigenvalue weighted by molar-refractivity contribution is 9.10. The summed E-state index contributed by atoms with van der Waals surface area (Å²) in [6, 6.07) is 21.2. The van der Waals surface area contributed by atoms with E-state index in [0.29, 0.717) is 0 Å². The molecule has 2 N–H and O–H groups in total. The first-order valence-electron chi connectivity index (χ1n) is 7.00. The molecule has 104 valence electrons. The highest BCUT2D eigenvalue weighted by Gasteiger charge is 2.31. The van der Waals surface area contributed by atoms with Crippen molar-refractivity contribution in [1.82, 2.24) is 0 Å². The maximum atomic E-state index is 3.65. The maximum absolute atomic E-state index is 3.65. The van der Waals surface area contributed by atoms with E-state index in [1.807, 2.05) is 6.07 Å². The molecule has 0 spiro atoms. The average molecular weight is 339 g/mol. The molecular weight excluding hydrogens is 324 g/mol. The zero-order valence-corrected chi connectivity index (χ0v) is 13.2. The van der Waals surface area contributed by atoms with Crippen LogP contribution >= 0.6 is 15.9 Å². The van der Waals surface area contributed by atoms with Gasteiger partial charge in [-0.25, -0.2) is 0 Å². The lowest BCUT2D eigenvalue weighted by Gasteiger charge is -2.39. The standard InChI is InChI=1S/C18H15BrN2/c1-18(13-7-4-8-14(19)11-13)20-15-9-2-5-12-6-3-10-16(21-18)17(12)15/h2-11,20-21H,1H3. The molecule has 4 rings (SSSR count). The lowest BCUT2D eigenvalue weighted by Crippen LogP contribution is -2.42. The molecular formula is C18H15BrN2. The van der Waals surface area contributed by atoms with Gasteiger partial charge in [0.2, 0.25) is 0 Å². The second-order valence-corrected chi connectivity index (χ2v) is 6.51. The van der Waals surface area contributed by atoms with Crippen molar-refractivity contribution in [3.05, 3.63) is 70.7 Å². The first-order valence-corrected chi connectivity index (χ1v) is 7.79. The summed E-state index contributed by atoms with van der Waals surface area (Å²) in [6.45, 7) is 2.17. The fraction of sp³-hybridized carbons (Fsp3) is 0.111. The van der Waals surface area contributed by atoms with Gasteiger partial charge in [0.25, 0.3) is 0 Å². The Morgan fingerprint density at radius 2 is 1.48 bits per heavy atom. The molecule has 2 nitrogen and oxygen atoms in total. The number of nitrogens with one attached hydrogen (secondary N) is 2. The Kier molecular flexibility index (Phi) is 2.73. The van der Waals surface area contributed by atoms with Crippen molar-refractivity contribution in [2.24, 2.45) is 0 Å². The molecule has 0 saturated carbocycles. The molecule has 3 aromatic carbocycles. The maximum Gasteiger partial charge on any atom is 0.131 e. The van der Waals surface area contributed by atoms with Crippen LogP contribution in [-0.2, 0) is 5.66 Å². The van der Waals surface area contributed by atoms with E-state index in [2.05, 4.69) is 88.1 Å². The molecule has 1 heterocycles. The van der Waals surface area contributed by atoms with Gasteiger partial charge in [-0.1, -0.05) is 52.3 Å². The van der Waals surface area contributed by atoms with Crippen LogP contribution in [0.4, 0.5) is 11.4 Å².